The van der Waals surface area contributed by atoms with Gasteiger partial charge in [-0.05, 0) is 12.3 Å². The standard InChI is InChI=1S/C12H22N2O4/c1-7(12(2,3)4)13-11(18)14-6-8(15)5-9(14)10(16)17/h7-9,15H,5-6H2,1-4H3,(H,13,18)(H,16,17)/t7?,8-,9+/m1/s1. The van der Waals surface area contributed by atoms with Gasteiger partial charge in [-0.2, -0.15) is 0 Å². The predicted octanol–water partition coefficient (Wildman–Crippen LogP) is 0.650. The van der Waals surface area contributed by atoms with E-state index in [9.17, 15) is 14.7 Å². The van der Waals surface area contributed by atoms with E-state index >= 15 is 0 Å². The molecule has 0 spiro atoms. The maximum absolute atomic E-state index is 12.0. The number of hydrogen-bond donors (Lipinski definition) is 3. The van der Waals surface area contributed by atoms with E-state index in [1.54, 1.807) is 0 Å². The van der Waals surface area contributed by atoms with Gasteiger partial charge in [-0.15, -0.1) is 0 Å². The molecule has 0 aliphatic carbocycles. The Kier molecular flexibility index (Phi) is 4.21. The molecule has 0 bridgehead atoms. The van der Waals surface area contributed by atoms with E-state index in [0.29, 0.717) is 0 Å². The molecule has 1 rings (SSSR count). The van der Waals surface area contributed by atoms with Gasteiger partial charge in [0, 0.05) is 19.0 Å². The van der Waals surface area contributed by atoms with Crippen LogP contribution < -0.4 is 5.32 Å². The van der Waals surface area contributed by atoms with Crippen molar-refractivity contribution in [2.75, 3.05) is 6.54 Å². The number of carboxylic acid groups (broad SMARTS) is 1. The van der Waals surface area contributed by atoms with Gasteiger partial charge >= 0.3 is 12.0 Å². The van der Waals surface area contributed by atoms with Crippen LogP contribution in [0, 0.1) is 5.41 Å². The number of urea groups is 1. The molecule has 2 amide bonds. The van der Waals surface area contributed by atoms with Crippen LogP contribution in [0.4, 0.5) is 4.79 Å². The minimum atomic E-state index is -1.08. The molecule has 1 fully saturated rings. The number of carbonyl (C=O) groups is 2. The molecule has 0 saturated carbocycles. The molecular formula is C12H22N2O4. The first-order valence-corrected chi connectivity index (χ1v) is 6.11. The second kappa shape index (κ2) is 5.14. The smallest absolute Gasteiger partial charge is 0.326 e. The largest absolute Gasteiger partial charge is 0.480 e. The quantitative estimate of drug-likeness (QED) is 0.678. The minimum absolute atomic E-state index is 0.0691. The number of rotatable bonds is 2. The van der Waals surface area contributed by atoms with Gasteiger partial charge in [-0.1, -0.05) is 20.8 Å². The number of β-amino-alcohol motifs (C(OH)–C–C–N with tert-alkyl or cyclic N) is 1. The third-order valence-corrected chi connectivity index (χ3v) is 3.46. The molecule has 1 heterocycles. The third kappa shape index (κ3) is 3.35. The van der Waals surface area contributed by atoms with Gasteiger partial charge < -0.3 is 20.4 Å². The SMILES string of the molecule is CC(NC(=O)N1C[C@H](O)C[C@H]1C(=O)O)C(C)(C)C. The number of aliphatic carboxylic acids is 1. The van der Waals surface area contributed by atoms with E-state index in [-0.39, 0.29) is 24.4 Å². The number of likely N-dealkylation sites (tertiary alicyclic amines) is 1. The van der Waals surface area contributed by atoms with Crippen LogP contribution in [0.25, 0.3) is 0 Å². The lowest BCUT2D eigenvalue weighted by Gasteiger charge is -2.31. The van der Waals surface area contributed by atoms with Crippen LogP contribution in [0.1, 0.15) is 34.1 Å². The fraction of sp³-hybridized carbons (Fsp3) is 0.833. The molecule has 0 aromatic rings. The van der Waals surface area contributed by atoms with Gasteiger partial charge in [-0.3, -0.25) is 0 Å². The summed E-state index contributed by atoms with van der Waals surface area (Å²) in [5.74, 6) is -1.08. The molecule has 6 nitrogen and oxygen atoms in total. The first kappa shape index (κ1) is 14.8. The Bertz CT molecular complexity index is 337. The molecule has 0 aromatic carbocycles. The number of aliphatic hydroxyl groups is 1. The summed E-state index contributed by atoms with van der Waals surface area (Å²) >= 11 is 0. The molecule has 1 unspecified atom stereocenters. The zero-order chi connectivity index (χ0) is 14.1. The molecule has 3 N–H and O–H groups in total. The molecular weight excluding hydrogens is 236 g/mol. The summed E-state index contributed by atoms with van der Waals surface area (Å²) in [5, 5.41) is 21.3. The summed E-state index contributed by atoms with van der Waals surface area (Å²) in [4.78, 5) is 24.2. The highest BCUT2D eigenvalue weighted by Gasteiger charge is 2.39. The highest BCUT2D eigenvalue weighted by molar-refractivity contribution is 5.83. The van der Waals surface area contributed by atoms with Crippen molar-refractivity contribution in [1.29, 1.82) is 0 Å². The number of carboxylic acids is 1. The average molecular weight is 258 g/mol. The Morgan fingerprint density at radius 2 is 1.94 bits per heavy atom. The lowest BCUT2D eigenvalue weighted by molar-refractivity contribution is -0.141. The Morgan fingerprint density at radius 3 is 2.39 bits per heavy atom. The highest BCUT2D eigenvalue weighted by Crippen LogP contribution is 2.21. The Hall–Kier alpha value is -1.30. The zero-order valence-electron chi connectivity index (χ0n) is 11.3. The predicted molar refractivity (Wildman–Crippen MR) is 66.2 cm³/mol. The van der Waals surface area contributed by atoms with Gasteiger partial charge in [0.15, 0.2) is 0 Å². The Labute approximate surface area is 107 Å². The van der Waals surface area contributed by atoms with Crippen molar-refractivity contribution >= 4 is 12.0 Å². The maximum Gasteiger partial charge on any atom is 0.326 e. The second-order valence-corrected chi connectivity index (χ2v) is 5.93. The molecule has 0 radical (unpaired) electrons. The molecule has 0 aromatic heterocycles. The summed E-state index contributed by atoms with van der Waals surface area (Å²) in [7, 11) is 0. The van der Waals surface area contributed by atoms with Crippen LogP contribution in [-0.4, -0.2) is 51.8 Å². The lowest BCUT2D eigenvalue weighted by Crippen LogP contribution is -2.51. The van der Waals surface area contributed by atoms with E-state index in [4.69, 9.17) is 5.11 Å². The number of nitrogens with one attached hydrogen (secondary N) is 1. The van der Waals surface area contributed by atoms with Crippen LogP contribution in [0.5, 0.6) is 0 Å². The molecule has 6 heteroatoms. The third-order valence-electron chi connectivity index (χ3n) is 3.46. The maximum atomic E-state index is 12.0. The normalized spacial score (nSPS) is 25.9. The van der Waals surface area contributed by atoms with Crippen LogP contribution in [0.2, 0.25) is 0 Å². The van der Waals surface area contributed by atoms with Crippen molar-refractivity contribution in [3.63, 3.8) is 0 Å². The van der Waals surface area contributed by atoms with Gasteiger partial charge in [0.25, 0.3) is 0 Å². The van der Waals surface area contributed by atoms with Gasteiger partial charge in [0.2, 0.25) is 0 Å². The molecule has 104 valence electrons. The summed E-state index contributed by atoms with van der Waals surface area (Å²) < 4.78 is 0. The van der Waals surface area contributed by atoms with Crippen LogP contribution in [0.3, 0.4) is 0 Å². The monoisotopic (exact) mass is 258 g/mol. The number of amides is 2. The zero-order valence-corrected chi connectivity index (χ0v) is 11.3. The second-order valence-electron chi connectivity index (χ2n) is 5.93. The fourth-order valence-corrected chi connectivity index (χ4v) is 1.76. The van der Waals surface area contributed by atoms with Crippen molar-refractivity contribution < 1.29 is 19.8 Å². The van der Waals surface area contributed by atoms with Crippen LogP contribution in [0.15, 0.2) is 0 Å². The van der Waals surface area contributed by atoms with Crippen molar-refractivity contribution in [1.82, 2.24) is 10.2 Å². The molecule has 1 aliphatic heterocycles. The average Bonchev–Trinajstić information content (AvgIpc) is 2.58. The molecule has 3 atom stereocenters. The van der Waals surface area contributed by atoms with Crippen molar-refractivity contribution in [3.05, 3.63) is 0 Å². The first-order chi connectivity index (χ1) is 8.12. The summed E-state index contributed by atoms with van der Waals surface area (Å²) in [5.41, 5.74) is -0.104. The lowest BCUT2D eigenvalue weighted by atomic mass is 9.88. The topological polar surface area (TPSA) is 89.9 Å². The number of hydrogen-bond acceptors (Lipinski definition) is 3. The van der Waals surface area contributed by atoms with Crippen molar-refractivity contribution in [2.24, 2.45) is 5.41 Å². The number of nitrogens with zero attached hydrogens (tertiary/aromatic N) is 1. The summed E-state index contributed by atoms with van der Waals surface area (Å²) in [6.45, 7) is 7.92. The first-order valence-electron chi connectivity index (χ1n) is 6.11. The Morgan fingerprint density at radius 1 is 1.39 bits per heavy atom. The van der Waals surface area contributed by atoms with E-state index in [1.165, 1.54) is 4.90 Å². The van der Waals surface area contributed by atoms with E-state index in [2.05, 4.69) is 5.32 Å². The van der Waals surface area contributed by atoms with Crippen LogP contribution >= 0.6 is 0 Å². The van der Waals surface area contributed by atoms with Crippen LogP contribution in [-0.2, 0) is 4.79 Å². The number of aliphatic hydroxyl groups excluding tert-OH is 1. The Balaban J connectivity index is 2.69. The fourth-order valence-electron chi connectivity index (χ4n) is 1.76. The number of carbonyl (C=O) groups excluding carboxylic acids is 1. The minimum Gasteiger partial charge on any atom is -0.480 e. The van der Waals surface area contributed by atoms with Gasteiger partial charge in [0.1, 0.15) is 6.04 Å². The van der Waals surface area contributed by atoms with E-state index in [0.717, 1.165) is 0 Å². The highest BCUT2D eigenvalue weighted by atomic mass is 16.4. The molecule has 1 saturated heterocycles. The molecule has 1 aliphatic rings. The van der Waals surface area contributed by atoms with Gasteiger partial charge in [0.05, 0.1) is 6.10 Å². The molecule has 18 heavy (non-hydrogen) atoms. The van der Waals surface area contributed by atoms with Gasteiger partial charge in [-0.25, -0.2) is 9.59 Å². The van der Waals surface area contributed by atoms with E-state index < -0.39 is 24.1 Å². The summed E-state index contributed by atoms with van der Waals surface area (Å²) in [6, 6.07) is -1.45. The van der Waals surface area contributed by atoms with Crippen molar-refractivity contribution in [2.45, 2.75) is 52.3 Å². The van der Waals surface area contributed by atoms with E-state index in [1.807, 2.05) is 27.7 Å². The summed E-state index contributed by atoms with van der Waals surface area (Å²) in [6.07, 6.45) is -0.672. The van der Waals surface area contributed by atoms with Crippen molar-refractivity contribution in [3.8, 4) is 0 Å².